The minimum absolute atomic E-state index is 0.0304. The van der Waals surface area contributed by atoms with E-state index in [1.54, 1.807) is 67.0 Å². The second-order valence-corrected chi connectivity index (χ2v) is 24.2. The van der Waals surface area contributed by atoms with E-state index in [1.165, 1.54) is 11.8 Å². The highest BCUT2D eigenvalue weighted by molar-refractivity contribution is 7.98. The maximum absolute atomic E-state index is 14.6. The van der Waals surface area contributed by atoms with Crippen molar-refractivity contribution in [3.05, 3.63) is 102 Å². The van der Waals surface area contributed by atoms with E-state index in [0.29, 0.717) is 22.0 Å². The molecule has 0 aliphatic carbocycles. The SMILES string of the molecule is CSCC[C@H](NC(=O)[C@H](Cc1c[nH]c2ccccc12)NC(=O)CNC(=O)[C@@H](NC(=O)[C@H](Cc1ccc(OS(=O)(=O)O)cc1)NC(=O)[C@H](CC(=O)O)NC(=O)[C@H](CCC(N)=O)NC(=O)[C@@H]1CCC(=O)N1)[C@@H](C)OC(C)=O)C(=O)N[C@@H](CC(=O)O)C(=O)N[C@@H](Cc1ccccc1)C(N)=O. The minimum atomic E-state index is -5.04. The molecule has 1 saturated heterocycles. The molecule has 4 aromatic rings. The van der Waals surface area contributed by atoms with Gasteiger partial charge in [0.25, 0.3) is 0 Å². The lowest BCUT2D eigenvalue weighted by molar-refractivity contribution is -0.150. The number of ether oxygens (including phenoxy) is 1. The standard InChI is InChI=1S/C60H75N13O22S2/c1-30(94-31(2)74)51(73-59(89)42(24-33-13-15-35(16-14-33)95-97(91,92)93)70-58(88)45(27-50(80)81)71-54(84)39(17-19-46(61)75)67-53(83)38-18-20-47(76)65-38)60(90)64-29-48(77)66-43(25-34-28-63-37-12-8-7-11-36(34)37)56(86)68-40(21-22-96-3)55(85)72-44(26-49(78)79)57(87)69-41(52(62)82)23-32-9-5-4-6-10-32/h4-16,28,30,38-45,51,63H,17-27,29H2,1-3H3,(H2,61,75)(H2,62,82)(H,64,90)(H,65,76)(H,66,77)(H,67,83)(H,68,86)(H,69,87)(H,70,88)(H,71,84)(H,72,85)(H,73,89)(H,78,79)(H,80,81)(H,91,92,93)/t30-,38+,39+,40+,41+,42+,43+,44+,45+,51+/m1/s1. The number of rotatable bonds is 39. The third kappa shape index (κ3) is 25.9. The first kappa shape index (κ1) is 77.0. The van der Waals surface area contributed by atoms with Gasteiger partial charge in [-0.3, -0.25) is 76.5 Å². The number of nitrogens with one attached hydrogen (secondary N) is 11. The summed E-state index contributed by atoms with van der Waals surface area (Å²) in [5.74, 6) is -17.1. The van der Waals surface area contributed by atoms with Gasteiger partial charge in [0.1, 0.15) is 66.2 Å². The first-order valence-corrected chi connectivity index (χ1v) is 32.6. The Morgan fingerprint density at radius 1 is 0.629 bits per heavy atom. The number of thioether (sulfide) groups is 1. The van der Waals surface area contributed by atoms with Gasteiger partial charge < -0.3 is 88.8 Å². The molecule has 97 heavy (non-hydrogen) atoms. The van der Waals surface area contributed by atoms with E-state index in [4.69, 9.17) is 16.2 Å². The van der Waals surface area contributed by atoms with Crippen LogP contribution < -0.4 is 68.8 Å². The molecular formula is C60H75N13O22S2. The average Bonchev–Trinajstić information content (AvgIpc) is 1.73. The van der Waals surface area contributed by atoms with Crippen molar-refractivity contribution in [2.45, 2.75) is 139 Å². The molecular weight excluding hydrogens is 1320 g/mol. The number of nitrogens with two attached hydrogens (primary N) is 2. The molecule has 0 saturated carbocycles. The van der Waals surface area contributed by atoms with Crippen LogP contribution in [0.25, 0.3) is 10.9 Å². The van der Waals surface area contributed by atoms with Gasteiger partial charge in [-0.2, -0.15) is 20.2 Å². The fourth-order valence-electron chi connectivity index (χ4n) is 9.82. The van der Waals surface area contributed by atoms with Crippen LogP contribution in [0.1, 0.15) is 75.5 Å². The topological polar surface area (TPSA) is 557 Å². The summed E-state index contributed by atoms with van der Waals surface area (Å²) in [6, 6.07) is 4.57. The van der Waals surface area contributed by atoms with Crippen LogP contribution in [0.4, 0.5) is 0 Å². The molecule has 37 heteroatoms. The van der Waals surface area contributed by atoms with Crippen LogP contribution in [0.5, 0.6) is 5.75 Å². The number of esters is 1. The fourth-order valence-corrected chi connectivity index (χ4v) is 10.7. The monoisotopic (exact) mass is 1390 g/mol. The molecule has 524 valence electrons. The number of H-pyrrole nitrogens is 1. The number of hydrogen-bond donors (Lipinski definition) is 16. The number of aliphatic carboxylic acids is 2. The van der Waals surface area contributed by atoms with E-state index in [1.807, 2.05) is 0 Å². The van der Waals surface area contributed by atoms with E-state index in [2.05, 4.69) is 62.3 Å². The minimum Gasteiger partial charge on any atom is -0.481 e. The van der Waals surface area contributed by atoms with E-state index >= 15 is 0 Å². The second kappa shape index (κ2) is 36.8. The first-order chi connectivity index (χ1) is 45.8. The summed E-state index contributed by atoms with van der Waals surface area (Å²) < 4.78 is 41.8. The fraction of sp³-hybridized carbons (Fsp3) is 0.417. The largest absolute Gasteiger partial charge is 0.481 e. The smallest absolute Gasteiger partial charge is 0.446 e. The number of para-hydroxylation sites is 1. The van der Waals surface area contributed by atoms with E-state index in [0.717, 1.165) is 38.1 Å². The Kier molecular flexibility index (Phi) is 29.2. The predicted molar refractivity (Wildman–Crippen MR) is 340 cm³/mol. The summed E-state index contributed by atoms with van der Waals surface area (Å²) in [7, 11) is -5.04. The van der Waals surface area contributed by atoms with E-state index in [9.17, 15) is 95.1 Å². The van der Waals surface area contributed by atoms with E-state index < -0.39 is 204 Å². The zero-order valence-corrected chi connectivity index (χ0v) is 54.0. The van der Waals surface area contributed by atoms with Gasteiger partial charge >= 0.3 is 28.3 Å². The molecule has 3 aromatic carbocycles. The Labute approximate surface area is 557 Å². The maximum Gasteiger partial charge on any atom is 0.446 e. The van der Waals surface area contributed by atoms with Gasteiger partial charge in [-0.25, -0.2) is 0 Å². The number of carboxylic acid groups (broad SMARTS) is 2. The summed E-state index contributed by atoms with van der Waals surface area (Å²) >= 11 is 1.25. The second-order valence-electron chi connectivity index (χ2n) is 22.2. The summed E-state index contributed by atoms with van der Waals surface area (Å²) in [6.45, 7) is 1.09. The Balaban J connectivity index is 1.41. The van der Waals surface area contributed by atoms with Crippen molar-refractivity contribution in [1.29, 1.82) is 0 Å². The normalized spacial score (nSPS) is 15.4. The van der Waals surface area contributed by atoms with Crippen molar-refractivity contribution in [3.63, 3.8) is 0 Å². The average molecular weight is 1390 g/mol. The molecule has 2 heterocycles. The lowest BCUT2D eigenvalue weighted by Gasteiger charge is -2.28. The molecule has 5 rings (SSSR count). The van der Waals surface area contributed by atoms with Gasteiger partial charge in [0.2, 0.25) is 70.9 Å². The third-order valence-corrected chi connectivity index (χ3v) is 15.7. The van der Waals surface area contributed by atoms with Crippen molar-refractivity contribution < 1.29 is 104 Å². The van der Waals surface area contributed by atoms with Gasteiger partial charge in [0.05, 0.1) is 19.4 Å². The highest BCUT2D eigenvalue weighted by Crippen LogP contribution is 2.21. The van der Waals surface area contributed by atoms with Crippen LogP contribution in [0.2, 0.25) is 0 Å². The number of hydrogen-bond acceptors (Lipinski definition) is 20. The molecule has 0 bridgehead atoms. The van der Waals surface area contributed by atoms with Crippen LogP contribution in [0, 0.1) is 0 Å². The van der Waals surface area contributed by atoms with Crippen LogP contribution in [0.15, 0.2) is 85.1 Å². The van der Waals surface area contributed by atoms with Crippen molar-refractivity contribution in [3.8, 4) is 5.75 Å². The summed E-state index contributed by atoms with van der Waals surface area (Å²) in [4.78, 5) is 202. The summed E-state index contributed by atoms with van der Waals surface area (Å²) in [5, 5.41) is 43.9. The maximum atomic E-state index is 14.6. The highest BCUT2D eigenvalue weighted by atomic mass is 32.3. The summed E-state index contributed by atoms with van der Waals surface area (Å²) in [5.41, 5.74) is 12.6. The lowest BCUT2D eigenvalue weighted by Crippen LogP contribution is -2.61. The molecule has 0 unspecified atom stereocenters. The third-order valence-electron chi connectivity index (χ3n) is 14.6. The van der Waals surface area contributed by atoms with E-state index in [-0.39, 0.29) is 43.4 Å². The first-order valence-electron chi connectivity index (χ1n) is 29.8. The Hall–Kier alpha value is -10.7. The Morgan fingerprint density at radius 3 is 1.70 bits per heavy atom. The zero-order valence-electron chi connectivity index (χ0n) is 52.4. The van der Waals surface area contributed by atoms with Gasteiger partial charge in [-0.15, -0.1) is 0 Å². The highest BCUT2D eigenvalue weighted by Gasteiger charge is 2.38. The van der Waals surface area contributed by atoms with Crippen LogP contribution in [-0.4, -0.2) is 196 Å². The Morgan fingerprint density at radius 2 is 1.14 bits per heavy atom. The van der Waals surface area contributed by atoms with Gasteiger partial charge in [-0.1, -0.05) is 60.7 Å². The summed E-state index contributed by atoms with van der Waals surface area (Å²) in [6.07, 6.45) is -2.67. The number of carboxylic acids is 2. The number of aromatic amines is 1. The van der Waals surface area contributed by atoms with Gasteiger partial charge in [-0.05, 0) is 73.1 Å². The number of primary amides is 2. The lowest BCUT2D eigenvalue weighted by atomic mass is 10.0. The zero-order chi connectivity index (χ0) is 71.7. The molecule has 1 aromatic heterocycles. The van der Waals surface area contributed by atoms with Crippen molar-refractivity contribution in [2.75, 3.05) is 18.6 Å². The van der Waals surface area contributed by atoms with Crippen LogP contribution in [-0.2, 0) is 106 Å². The number of amides is 12. The molecule has 1 aliphatic rings. The van der Waals surface area contributed by atoms with Crippen LogP contribution >= 0.6 is 11.8 Å². The van der Waals surface area contributed by atoms with Crippen LogP contribution in [0.3, 0.4) is 0 Å². The van der Waals surface area contributed by atoms with Crippen molar-refractivity contribution in [1.82, 2.24) is 58.2 Å². The number of carbonyl (C=O) groups excluding carboxylic acids is 13. The number of fused-ring (bicyclic) bond motifs is 1. The Bertz CT molecular complexity index is 3690. The van der Waals surface area contributed by atoms with Gasteiger partial charge in [0.15, 0.2) is 0 Å². The number of carbonyl (C=O) groups is 15. The van der Waals surface area contributed by atoms with Crippen molar-refractivity contribution >= 4 is 122 Å². The molecule has 18 N–H and O–H groups in total. The predicted octanol–water partition coefficient (Wildman–Crippen LogP) is -3.94. The molecule has 1 fully saturated rings. The van der Waals surface area contributed by atoms with Gasteiger partial charge in [0, 0.05) is 56.1 Å². The molecule has 12 amide bonds. The molecule has 0 radical (unpaired) electrons. The quantitative estimate of drug-likeness (QED) is 0.0150. The molecule has 1 aliphatic heterocycles. The van der Waals surface area contributed by atoms with Crippen molar-refractivity contribution in [2.24, 2.45) is 11.5 Å². The molecule has 35 nitrogen and oxygen atoms in total. The molecule has 0 spiro atoms. The number of aromatic nitrogens is 1. The molecule has 10 atom stereocenters. The number of benzene rings is 3.